The first-order chi connectivity index (χ1) is 15.0. The van der Waals surface area contributed by atoms with Gasteiger partial charge in [-0.05, 0) is 43.0 Å². The van der Waals surface area contributed by atoms with Crippen molar-refractivity contribution < 1.29 is 28.7 Å². The molecule has 3 amide bonds. The number of imide groups is 1. The van der Waals surface area contributed by atoms with Gasteiger partial charge < -0.3 is 14.8 Å². The number of para-hydroxylation sites is 2. The Kier molecular flexibility index (Phi) is 7.45. The number of nitrogens with zero attached hydrogens (tertiary/aromatic N) is 1. The van der Waals surface area contributed by atoms with Crippen LogP contribution in [0.1, 0.15) is 12.5 Å². The number of hydrogen-bond donors (Lipinski definition) is 1. The summed E-state index contributed by atoms with van der Waals surface area (Å²) in [4.78, 5) is 49.4. The summed E-state index contributed by atoms with van der Waals surface area (Å²) >= 11 is 0.728. The van der Waals surface area contributed by atoms with E-state index in [0.29, 0.717) is 17.0 Å². The highest BCUT2D eigenvalue weighted by molar-refractivity contribution is 8.18. The number of esters is 1. The highest BCUT2D eigenvalue weighted by Crippen LogP contribution is 2.33. The Labute approximate surface area is 183 Å². The number of ether oxygens (including phenoxy) is 2. The molecule has 160 valence electrons. The topological polar surface area (TPSA) is 102 Å². The molecule has 1 aliphatic heterocycles. The molecule has 9 heteroatoms. The monoisotopic (exact) mass is 440 g/mol. The molecule has 3 rings (SSSR count). The minimum Gasteiger partial charge on any atom is -0.483 e. The van der Waals surface area contributed by atoms with E-state index in [-0.39, 0.29) is 24.0 Å². The van der Waals surface area contributed by atoms with Crippen molar-refractivity contribution in [2.24, 2.45) is 0 Å². The number of carbonyl (C=O) groups excluding carboxylic acids is 4. The second-order valence-electron chi connectivity index (χ2n) is 6.31. The maximum atomic E-state index is 12.5. The number of benzene rings is 2. The maximum absolute atomic E-state index is 12.5. The molecule has 0 aromatic heterocycles. The lowest BCUT2D eigenvalue weighted by atomic mass is 10.2. The summed E-state index contributed by atoms with van der Waals surface area (Å²) in [5, 5.41) is 2.17. The van der Waals surface area contributed by atoms with Crippen LogP contribution in [0.4, 0.5) is 10.5 Å². The third-order valence-corrected chi connectivity index (χ3v) is 5.00. The smallest absolute Gasteiger partial charge is 0.326 e. The van der Waals surface area contributed by atoms with Crippen LogP contribution in [0.15, 0.2) is 59.5 Å². The highest BCUT2D eigenvalue weighted by Gasteiger charge is 2.36. The molecule has 1 fully saturated rings. The van der Waals surface area contributed by atoms with Crippen LogP contribution in [-0.4, -0.2) is 47.7 Å². The zero-order valence-electron chi connectivity index (χ0n) is 16.7. The van der Waals surface area contributed by atoms with Gasteiger partial charge in [-0.25, -0.2) is 0 Å². The maximum Gasteiger partial charge on any atom is 0.326 e. The SMILES string of the molecule is CCOC(=O)CN1C(=O)S/C(=C\c2ccccc2OCC(=O)Nc2ccccc2)C1=O. The Morgan fingerprint density at radius 1 is 1.06 bits per heavy atom. The lowest BCUT2D eigenvalue weighted by Crippen LogP contribution is -2.34. The van der Waals surface area contributed by atoms with Crippen molar-refractivity contribution in [2.75, 3.05) is 25.1 Å². The van der Waals surface area contributed by atoms with Crippen molar-refractivity contribution in [3.63, 3.8) is 0 Å². The zero-order chi connectivity index (χ0) is 22.2. The lowest BCUT2D eigenvalue weighted by Gasteiger charge is -2.11. The Morgan fingerprint density at radius 2 is 1.77 bits per heavy atom. The summed E-state index contributed by atoms with van der Waals surface area (Å²) in [6.07, 6.45) is 1.50. The number of thioether (sulfide) groups is 1. The molecule has 2 aromatic carbocycles. The Balaban J connectivity index is 1.68. The van der Waals surface area contributed by atoms with Crippen molar-refractivity contribution in [2.45, 2.75) is 6.92 Å². The van der Waals surface area contributed by atoms with Crippen LogP contribution < -0.4 is 10.1 Å². The largest absolute Gasteiger partial charge is 0.483 e. The predicted octanol–water partition coefficient (Wildman–Crippen LogP) is 3.30. The van der Waals surface area contributed by atoms with Crippen molar-refractivity contribution in [3.8, 4) is 5.75 Å². The van der Waals surface area contributed by atoms with Crippen LogP contribution in [0.3, 0.4) is 0 Å². The van der Waals surface area contributed by atoms with Crippen molar-refractivity contribution in [3.05, 3.63) is 65.1 Å². The van der Waals surface area contributed by atoms with Gasteiger partial charge in [-0.2, -0.15) is 0 Å². The van der Waals surface area contributed by atoms with Crippen molar-refractivity contribution >= 4 is 46.5 Å². The molecule has 0 saturated carbocycles. The molecule has 0 radical (unpaired) electrons. The summed E-state index contributed by atoms with van der Waals surface area (Å²) in [7, 11) is 0. The first-order valence-electron chi connectivity index (χ1n) is 9.45. The summed E-state index contributed by atoms with van der Waals surface area (Å²) in [5.74, 6) is -1.20. The van der Waals surface area contributed by atoms with E-state index in [4.69, 9.17) is 9.47 Å². The van der Waals surface area contributed by atoms with E-state index in [2.05, 4.69) is 5.32 Å². The van der Waals surface area contributed by atoms with Crippen LogP contribution in [-0.2, 0) is 19.1 Å². The minimum absolute atomic E-state index is 0.152. The predicted molar refractivity (Wildman–Crippen MR) is 116 cm³/mol. The number of carbonyl (C=O) groups is 4. The molecule has 0 bridgehead atoms. The van der Waals surface area contributed by atoms with Crippen LogP contribution >= 0.6 is 11.8 Å². The van der Waals surface area contributed by atoms with Gasteiger partial charge >= 0.3 is 5.97 Å². The lowest BCUT2D eigenvalue weighted by molar-refractivity contribution is -0.146. The highest BCUT2D eigenvalue weighted by atomic mass is 32.2. The van der Waals surface area contributed by atoms with E-state index in [1.807, 2.05) is 6.07 Å². The number of anilines is 1. The quantitative estimate of drug-likeness (QED) is 0.496. The van der Waals surface area contributed by atoms with E-state index in [9.17, 15) is 19.2 Å². The first kappa shape index (κ1) is 22.1. The van der Waals surface area contributed by atoms with E-state index < -0.39 is 23.7 Å². The number of nitrogens with one attached hydrogen (secondary N) is 1. The molecule has 31 heavy (non-hydrogen) atoms. The molecule has 1 heterocycles. The molecule has 0 unspecified atom stereocenters. The Bertz CT molecular complexity index is 1020. The molecule has 1 N–H and O–H groups in total. The van der Waals surface area contributed by atoms with Gasteiger partial charge in [-0.3, -0.25) is 24.1 Å². The number of hydrogen-bond acceptors (Lipinski definition) is 7. The second-order valence-corrected chi connectivity index (χ2v) is 7.31. The minimum atomic E-state index is -0.654. The van der Waals surface area contributed by atoms with Gasteiger partial charge in [0.05, 0.1) is 11.5 Å². The molecular weight excluding hydrogens is 420 g/mol. The fourth-order valence-corrected chi connectivity index (χ4v) is 3.54. The van der Waals surface area contributed by atoms with Gasteiger partial charge in [-0.15, -0.1) is 0 Å². The first-order valence-corrected chi connectivity index (χ1v) is 10.3. The van der Waals surface area contributed by atoms with Gasteiger partial charge in [-0.1, -0.05) is 36.4 Å². The van der Waals surface area contributed by atoms with Crippen LogP contribution in [0.5, 0.6) is 5.75 Å². The summed E-state index contributed by atoms with van der Waals surface area (Å²) in [5.41, 5.74) is 1.18. The zero-order valence-corrected chi connectivity index (χ0v) is 17.5. The van der Waals surface area contributed by atoms with Gasteiger partial charge in [0.25, 0.3) is 17.1 Å². The average molecular weight is 440 g/mol. The Morgan fingerprint density at radius 3 is 2.52 bits per heavy atom. The van der Waals surface area contributed by atoms with E-state index in [1.54, 1.807) is 55.5 Å². The van der Waals surface area contributed by atoms with Gasteiger partial charge in [0.2, 0.25) is 0 Å². The third kappa shape index (κ3) is 5.95. The van der Waals surface area contributed by atoms with E-state index in [0.717, 1.165) is 16.7 Å². The van der Waals surface area contributed by atoms with E-state index in [1.165, 1.54) is 6.08 Å². The fraction of sp³-hybridized carbons (Fsp3) is 0.182. The van der Waals surface area contributed by atoms with Gasteiger partial charge in [0.15, 0.2) is 6.61 Å². The molecule has 1 aliphatic rings. The van der Waals surface area contributed by atoms with Gasteiger partial charge in [0, 0.05) is 11.3 Å². The number of amides is 3. The number of rotatable bonds is 8. The second kappa shape index (κ2) is 10.4. The standard InChI is InChI=1S/C22H20N2O6S/c1-2-29-20(26)13-24-21(27)18(31-22(24)28)12-15-8-6-7-11-17(15)30-14-19(25)23-16-9-4-3-5-10-16/h3-12H,2,13-14H2,1H3,(H,23,25)/b18-12-. The van der Waals surface area contributed by atoms with Gasteiger partial charge in [0.1, 0.15) is 12.3 Å². The third-order valence-electron chi connectivity index (χ3n) is 4.09. The van der Waals surface area contributed by atoms with Crippen molar-refractivity contribution in [1.29, 1.82) is 0 Å². The average Bonchev–Trinajstić information content (AvgIpc) is 3.01. The van der Waals surface area contributed by atoms with Crippen LogP contribution in [0.25, 0.3) is 6.08 Å². The van der Waals surface area contributed by atoms with Crippen LogP contribution in [0.2, 0.25) is 0 Å². The normalized spacial score (nSPS) is 14.6. The molecule has 0 spiro atoms. The van der Waals surface area contributed by atoms with Crippen LogP contribution in [0, 0.1) is 0 Å². The summed E-state index contributed by atoms with van der Waals surface area (Å²) < 4.78 is 10.4. The molecule has 1 saturated heterocycles. The molecule has 2 aromatic rings. The van der Waals surface area contributed by atoms with E-state index >= 15 is 0 Å². The molecule has 0 atom stereocenters. The molecule has 0 aliphatic carbocycles. The Hall–Kier alpha value is -3.59. The molecule has 8 nitrogen and oxygen atoms in total. The van der Waals surface area contributed by atoms with Crippen molar-refractivity contribution in [1.82, 2.24) is 4.90 Å². The molecular formula is C22H20N2O6S. The summed E-state index contributed by atoms with van der Waals surface area (Å²) in [6, 6.07) is 15.8. The fourth-order valence-electron chi connectivity index (χ4n) is 2.71. The summed E-state index contributed by atoms with van der Waals surface area (Å²) in [6.45, 7) is 1.13.